The molecule has 0 radical (unpaired) electrons. The lowest BCUT2D eigenvalue weighted by Gasteiger charge is -2.22. The predicted octanol–water partition coefficient (Wildman–Crippen LogP) is 3.62. The number of carbonyl (C=O) groups is 1. The summed E-state index contributed by atoms with van der Waals surface area (Å²) in [7, 11) is -0.909. The molecule has 0 aliphatic carbocycles. The Balaban J connectivity index is 2.18. The van der Waals surface area contributed by atoms with E-state index in [9.17, 15) is 9.00 Å². The summed E-state index contributed by atoms with van der Waals surface area (Å²) in [5.41, 5.74) is 2.73. The van der Waals surface area contributed by atoms with E-state index >= 15 is 0 Å². The first kappa shape index (κ1) is 17.4. The quantitative estimate of drug-likeness (QED) is 0.778. The summed E-state index contributed by atoms with van der Waals surface area (Å²) in [5, 5.41) is 0. The largest absolute Gasteiger partial charge is 0.334 e. The zero-order valence-corrected chi connectivity index (χ0v) is 14.5. The van der Waals surface area contributed by atoms with Gasteiger partial charge in [0.2, 0.25) is 0 Å². The average molecular weight is 329 g/mol. The van der Waals surface area contributed by atoms with Gasteiger partial charge in [0.1, 0.15) is 0 Å². The third-order valence-electron chi connectivity index (χ3n) is 3.54. The summed E-state index contributed by atoms with van der Waals surface area (Å²) in [6, 6.07) is 17.5. The van der Waals surface area contributed by atoms with Gasteiger partial charge in [0, 0.05) is 41.5 Å². The van der Waals surface area contributed by atoms with Crippen LogP contribution in [0.5, 0.6) is 0 Å². The second kappa shape index (κ2) is 8.63. The molecule has 1 unspecified atom stereocenters. The molecule has 0 N–H and O–H groups in total. The van der Waals surface area contributed by atoms with Gasteiger partial charge in [-0.25, -0.2) is 0 Å². The minimum Gasteiger partial charge on any atom is -0.334 e. The Labute approximate surface area is 140 Å². The highest BCUT2D eigenvalue weighted by Crippen LogP contribution is 2.13. The molecular weight excluding hydrogens is 306 g/mol. The molecule has 0 aliphatic rings. The fraction of sp³-hybridized carbons (Fsp3) is 0.316. The minimum absolute atomic E-state index is 0.0273. The van der Waals surface area contributed by atoms with Gasteiger partial charge in [0.15, 0.2) is 0 Å². The standard InChI is InChI=1S/C19H23NO2S/c1-3-12-20(14-16-8-5-4-6-9-16)19(21)18-11-7-10-17(13-18)15-23(2)22/h4-11,13H,3,12,14-15H2,1-2H3. The second-order valence-electron chi connectivity index (χ2n) is 5.63. The van der Waals surface area contributed by atoms with Crippen LogP contribution in [0.15, 0.2) is 54.6 Å². The van der Waals surface area contributed by atoms with E-state index in [1.54, 1.807) is 6.26 Å². The van der Waals surface area contributed by atoms with Crippen molar-refractivity contribution in [3.8, 4) is 0 Å². The lowest BCUT2D eigenvalue weighted by molar-refractivity contribution is 0.0743. The average Bonchev–Trinajstić information content (AvgIpc) is 2.54. The summed E-state index contributed by atoms with van der Waals surface area (Å²) < 4.78 is 11.4. The van der Waals surface area contributed by atoms with E-state index in [1.807, 2.05) is 59.5 Å². The van der Waals surface area contributed by atoms with E-state index in [1.165, 1.54) is 0 Å². The number of hydrogen-bond acceptors (Lipinski definition) is 2. The van der Waals surface area contributed by atoms with Gasteiger partial charge < -0.3 is 4.90 Å². The fourth-order valence-electron chi connectivity index (χ4n) is 2.54. The summed E-state index contributed by atoms with van der Waals surface area (Å²) >= 11 is 0. The van der Waals surface area contributed by atoms with Gasteiger partial charge in [-0.15, -0.1) is 0 Å². The van der Waals surface area contributed by atoms with Crippen LogP contribution in [-0.2, 0) is 23.1 Å². The lowest BCUT2D eigenvalue weighted by atomic mass is 10.1. The maximum absolute atomic E-state index is 12.8. The molecule has 23 heavy (non-hydrogen) atoms. The van der Waals surface area contributed by atoms with Gasteiger partial charge >= 0.3 is 0 Å². The first-order valence-electron chi connectivity index (χ1n) is 7.82. The van der Waals surface area contributed by atoms with Crippen LogP contribution in [0.3, 0.4) is 0 Å². The van der Waals surface area contributed by atoms with E-state index in [-0.39, 0.29) is 5.91 Å². The van der Waals surface area contributed by atoms with Gasteiger partial charge in [-0.2, -0.15) is 0 Å². The monoisotopic (exact) mass is 329 g/mol. The van der Waals surface area contributed by atoms with E-state index in [2.05, 4.69) is 6.92 Å². The van der Waals surface area contributed by atoms with E-state index in [0.29, 0.717) is 17.9 Å². The normalized spacial score (nSPS) is 11.9. The van der Waals surface area contributed by atoms with Gasteiger partial charge in [0.25, 0.3) is 5.91 Å². The fourth-order valence-corrected chi connectivity index (χ4v) is 3.19. The molecular formula is C19H23NO2S. The van der Waals surface area contributed by atoms with Crippen molar-refractivity contribution in [3.63, 3.8) is 0 Å². The molecule has 0 fully saturated rings. The van der Waals surface area contributed by atoms with Crippen molar-refractivity contribution in [2.24, 2.45) is 0 Å². The third-order valence-corrected chi connectivity index (χ3v) is 4.28. The molecule has 0 saturated heterocycles. The van der Waals surface area contributed by atoms with Crippen LogP contribution in [-0.4, -0.2) is 27.8 Å². The van der Waals surface area contributed by atoms with Crippen LogP contribution in [0, 0.1) is 0 Å². The van der Waals surface area contributed by atoms with Gasteiger partial charge in [-0.1, -0.05) is 49.4 Å². The first-order chi connectivity index (χ1) is 11.1. The Hall–Kier alpha value is -1.94. The summed E-state index contributed by atoms with van der Waals surface area (Å²) in [5.74, 6) is 0.507. The molecule has 0 aromatic heterocycles. The number of rotatable bonds is 7. The first-order valence-corrected chi connectivity index (χ1v) is 9.55. The van der Waals surface area contributed by atoms with Crippen molar-refractivity contribution in [1.29, 1.82) is 0 Å². The van der Waals surface area contributed by atoms with Crippen LogP contribution in [0.4, 0.5) is 0 Å². The van der Waals surface area contributed by atoms with Crippen LogP contribution in [0.25, 0.3) is 0 Å². The molecule has 3 nitrogen and oxygen atoms in total. The van der Waals surface area contributed by atoms with Crippen molar-refractivity contribution in [1.82, 2.24) is 4.90 Å². The van der Waals surface area contributed by atoms with Crippen LogP contribution < -0.4 is 0 Å². The maximum atomic E-state index is 12.8. The number of nitrogens with zero attached hydrogens (tertiary/aromatic N) is 1. The number of carbonyl (C=O) groups excluding carboxylic acids is 1. The molecule has 0 saturated carbocycles. The summed E-state index contributed by atoms with van der Waals surface area (Å²) in [4.78, 5) is 14.7. The molecule has 1 amide bonds. The molecule has 0 aliphatic heterocycles. The lowest BCUT2D eigenvalue weighted by Crippen LogP contribution is -2.31. The molecule has 0 bridgehead atoms. The highest BCUT2D eigenvalue weighted by atomic mass is 32.2. The van der Waals surface area contributed by atoms with Crippen molar-refractivity contribution in [2.45, 2.75) is 25.6 Å². The zero-order valence-electron chi connectivity index (χ0n) is 13.7. The maximum Gasteiger partial charge on any atom is 0.254 e. The number of amides is 1. The van der Waals surface area contributed by atoms with Crippen LogP contribution in [0.1, 0.15) is 34.8 Å². The minimum atomic E-state index is -0.909. The second-order valence-corrected chi connectivity index (χ2v) is 7.07. The van der Waals surface area contributed by atoms with E-state index in [4.69, 9.17) is 0 Å². The van der Waals surface area contributed by atoms with Gasteiger partial charge in [0.05, 0.1) is 0 Å². The highest BCUT2D eigenvalue weighted by Gasteiger charge is 2.16. The zero-order chi connectivity index (χ0) is 16.7. The highest BCUT2D eigenvalue weighted by molar-refractivity contribution is 7.83. The van der Waals surface area contributed by atoms with Crippen molar-refractivity contribution in [2.75, 3.05) is 12.8 Å². The Kier molecular flexibility index (Phi) is 6.53. The smallest absolute Gasteiger partial charge is 0.254 e. The number of hydrogen-bond donors (Lipinski definition) is 0. The topological polar surface area (TPSA) is 37.4 Å². The van der Waals surface area contributed by atoms with Crippen molar-refractivity contribution < 1.29 is 9.00 Å². The van der Waals surface area contributed by atoms with Crippen LogP contribution in [0.2, 0.25) is 0 Å². The Morgan fingerprint density at radius 2 is 1.74 bits per heavy atom. The summed E-state index contributed by atoms with van der Waals surface area (Å²) in [6.07, 6.45) is 2.59. The molecule has 2 aromatic rings. The number of benzene rings is 2. The third kappa shape index (κ3) is 5.32. The molecule has 2 rings (SSSR count). The predicted molar refractivity (Wildman–Crippen MR) is 95.7 cm³/mol. The Bertz CT molecular complexity index is 670. The van der Waals surface area contributed by atoms with Crippen molar-refractivity contribution in [3.05, 3.63) is 71.3 Å². The Morgan fingerprint density at radius 3 is 2.39 bits per heavy atom. The molecule has 122 valence electrons. The van der Waals surface area contributed by atoms with E-state index in [0.717, 1.165) is 24.1 Å². The van der Waals surface area contributed by atoms with Gasteiger partial charge in [-0.05, 0) is 29.7 Å². The molecule has 4 heteroatoms. The SMILES string of the molecule is CCCN(Cc1ccccc1)C(=O)c1cccc(CS(C)=O)c1. The molecule has 0 heterocycles. The molecule has 1 atom stereocenters. The molecule has 2 aromatic carbocycles. The van der Waals surface area contributed by atoms with Crippen LogP contribution >= 0.6 is 0 Å². The summed E-state index contributed by atoms with van der Waals surface area (Å²) in [6.45, 7) is 3.40. The van der Waals surface area contributed by atoms with Crippen molar-refractivity contribution >= 4 is 16.7 Å². The van der Waals surface area contributed by atoms with E-state index < -0.39 is 10.8 Å². The van der Waals surface area contributed by atoms with Gasteiger partial charge in [-0.3, -0.25) is 9.00 Å². The molecule has 0 spiro atoms. The Morgan fingerprint density at radius 1 is 1.04 bits per heavy atom.